The predicted molar refractivity (Wildman–Crippen MR) is 104 cm³/mol. The first-order valence-electron chi connectivity index (χ1n) is 8.81. The van der Waals surface area contributed by atoms with Crippen LogP contribution >= 0.6 is 11.6 Å². The van der Waals surface area contributed by atoms with Crippen LogP contribution in [0.15, 0.2) is 36.8 Å². The number of carbonyl (C=O) groups excluding carboxylic acids is 1. The molecule has 1 aromatic carbocycles. The molecule has 4 rings (SSSR count). The second-order valence-corrected chi connectivity index (χ2v) is 7.74. The molecule has 6 heteroatoms. The van der Waals surface area contributed by atoms with Crippen LogP contribution in [0.5, 0.6) is 0 Å². The monoisotopic (exact) mass is 368 g/mol. The molecule has 0 radical (unpaired) electrons. The minimum absolute atomic E-state index is 0.00635. The number of hydrogen-bond donors (Lipinski definition) is 1. The van der Waals surface area contributed by atoms with Gasteiger partial charge in [-0.05, 0) is 53.0 Å². The van der Waals surface area contributed by atoms with Crippen LogP contribution in [0.3, 0.4) is 0 Å². The Balaban J connectivity index is 1.52. The average Bonchev–Trinajstić information content (AvgIpc) is 3.29. The molecule has 2 atom stereocenters. The van der Waals surface area contributed by atoms with Gasteiger partial charge >= 0.3 is 0 Å². The first kappa shape index (κ1) is 17.0. The summed E-state index contributed by atoms with van der Waals surface area (Å²) in [6, 6.07) is 5.93. The zero-order chi connectivity index (χ0) is 18.4. The third kappa shape index (κ3) is 3.19. The third-order valence-corrected chi connectivity index (χ3v) is 5.32. The van der Waals surface area contributed by atoms with Crippen molar-refractivity contribution in [1.29, 1.82) is 0 Å². The molecule has 5 nitrogen and oxygen atoms in total. The van der Waals surface area contributed by atoms with E-state index in [1.807, 2.05) is 31.6 Å². The van der Waals surface area contributed by atoms with Gasteiger partial charge in [0.05, 0.1) is 6.20 Å². The number of aryl methyl sites for hydroxylation is 1. The van der Waals surface area contributed by atoms with Crippen molar-refractivity contribution < 1.29 is 4.79 Å². The first-order chi connectivity index (χ1) is 12.4. The molecule has 2 aromatic heterocycles. The summed E-state index contributed by atoms with van der Waals surface area (Å²) in [6.45, 7) is 4.23. The fourth-order valence-electron chi connectivity index (χ4n) is 3.40. The van der Waals surface area contributed by atoms with Gasteiger partial charge in [0.25, 0.3) is 0 Å². The van der Waals surface area contributed by atoms with E-state index in [1.54, 1.807) is 10.9 Å². The van der Waals surface area contributed by atoms with Crippen molar-refractivity contribution in [3.8, 4) is 0 Å². The van der Waals surface area contributed by atoms with Gasteiger partial charge in [-0.2, -0.15) is 5.10 Å². The van der Waals surface area contributed by atoms with Gasteiger partial charge in [0.1, 0.15) is 5.82 Å². The van der Waals surface area contributed by atoms with Crippen LogP contribution in [0.4, 0.5) is 5.82 Å². The number of benzene rings is 1. The fourth-order valence-corrected chi connectivity index (χ4v) is 3.79. The number of rotatable bonds is 4. The van der Waals surface area contributed by atoms with Crippen LogP contribution in [0.25, 0.3) is 10.8 Å². The maximum absolute atomic E-state index is 12.5. The topological polar surface area (TPSA) is 59.8 Å². The van der Waals surface area contributed by atoms with E-state index < -0.39 is 0 Å². The molecule has 0 spiro atoms. The molecule has 2 unspecified atom stereocenters. The van der Waals surface area contributed by atoms with Crippen molar-refractivity contribution in [3.05, 3.63) is 52.9 Å². The highest BCUT2D eigenvalue weighted by Crippen LogP contribution is 2.47. The lowest BCUT2D eigenvalue weighted by Crippen LogP contribution is -2.15. The van der Waals surface area contributed by atoms with Crippen LogP contribution < -0.4 is 5.32 Å². The third-order valence-electron chi connectivity index (χ3n) is 4.99. The highest BCUT2D eigenvalue weighted by molar-refractivity contribution is 6.32. The molecule has 1 aliphatic carbocycles. The lowest BCUT2D eigenvalue weighted by atomic mass is 10.00. The van der Waals surface area contributed by atoms with Gasteiger partial charge < -0.3 is 5.32 Å². The number of amides is 1. The standard InChI is InChI=1S/C20H21ClN4O/c1-11(2)15-4-12-6-19(22-8-13(12)5-18(15)21)24-20(26)17-7-16(17)14-9-23-25(3)10-14/h4-6,8-11,16-17H,7H2,1-3H3,(H,22,24,26). The molecular weight excluding hydrogens is 348 g/mol. The van der Waals surface area contributed by atoms with Gasteiger partial charge in [0.15, 0.2) is 0 Å². The Labute approximate surface area is 157 Å². The molecule has 0 saturated heterocycles. The summed E-state index contributed by atoms with van der Waals surface area (Å²) in [4.78, 5) is 16.9. The minimum Gasteiger partial charge on any atom is -0.310 e. The van der Waals surface area contributed by atoms with Gasteiger partial charge in [0.2, 0.25) is 5.91 Å². The van der Waals surface area contributed by atoms with Gasteiger partial charge in [-0.3, -0.25) is 9.48 Å². The molecule has 1 saturated carbocycles. The highest BCUT2D eigenvalue weighted by Gasteiger charge is 2.44. The number of carbonyl (C=O) groups is 1. The minimum atomic E-state index is -0.00635. The largest absolute Gasteiger partial charge is 0.310 e. The maximum atomic E-state index is 12.5. The molecule has 0 bridgehead atoms. The van der Waals surface area contributed by atoms with E-state index in [0.29, 0.717) is 11.7 Å². The van der Waals surface area contributed by atoms with Crippen molar-refractivity contribution in [2.24, 2.45) is 13.0 Å². The number of anilines is 1. The number of pyridine rings is 1. The van der Waals surface area contributed by atoms with Crippen molar-refractivity contribution >= 4 is 34.1 Å². The zero-order valence-electron chi connectivity index (χ0n) is 15.0. The Bertz CT molecular complexity index is 995. The van der Waals surface area contributed by atoms with E-state index in [9.17, 15) is 4.79 Å². The van der Waals surface area contributed by atoms with Gasteiger partial charge in [-0.15, -0.1) is 0 Å². The Morgan fingerprint density at radius 3 is 2.77 bits per heavy atom. The summed E-state index contributed by atoms with van der Waals surface area (Å²) >= 11 is 6.34. The lowest BCUT2D eigenvalue weighted by Gasteiger charge is -2.11. The predicted octanol–water partition coefficient (Wildman–Crippen LogP) is 4.49. The van der Waals surface area contributed by atoms with E-state index in [-0.39, 0.29) is 17.7 Å². The van der Waals surface area contributed by atoms with Crippen LogP contribution in [0.2, 0.25) is 5.02 Å². The Kier molecular flexibility index (Phi) is 4.19. The van der Waals surface area contributed by atoms with Crippen LogP contribution in [-0.2, 0) is 11.8 Å². The second kappa shape index (κ2) is 6.40. The quantitative estimate of drug-likeness (QED) is 0.738. The molecule has 2 heterocycles. The molecule has 1 amide bonds. The van der Waals surface area contributed by atoms with E-state index in [0.717, 1.165) is 33.3 Å². The van der Waals surface area contributed by atoms with Crippen molar-refractivity contribution in [2.75, 3.05) is 5.32 Å². The van der Waals surface area contributed by atoms with E-state index in [4.69, 9.17) is 11.6 Å². The normalized spacial score (nSPS) is 19.1. The average molecular weight is 369 g/mol. The Morgan fingerprint density at radius 1 is 1.27 bits per heavy atom. The van der Waals surface area contributed by atoms with E-state index in [2.05, 4.69) is 35.3 Å². The molecule has 3 aromatic rings. The summed E-state index contributed by atoms with van der Waals surface area (Å²) in [6.07, 6.45) is 6.43. The summed E-state index contributed by atoms with van der Waals surface area (Å²) < 4.78 is 1.77. The molecular formula is C20H21ClN4O. The van der Waals surface area contributed by atoms with Crippen molar-refractivity contribution in [3.63, 3.8) is 0 Å². The lowest BCUT2D eigenvalue weighted by molar-refractivity contribution is -0.117. The van der Waals surface area contributed by atoms with Crippen LogP contribution in [-0.4, -0.2) is 20.7 Å². The fraction of sp³-hybridized carbons (Fsp3) is 0.350. The van der Waals surface area contributed by atoms with Crippen LogP contribution in [0, 0.1) is 5.92 Å². The number of nitrogens with zero attached hydrogens (tertiary/aromatic N) is 3. The second-order valence-electron chi connectivity index (χ2n) is 7.33. The smallest absolute Gasteiger partial charge is 0.229 e. The molecule has 1 N–H and O–H groups in total. The number of fused-ring (bicyclic) bond motifs is 1. The SMILES string of the molecule is CC(C)c1cc2cc(NC(=O)C3CC3c3cnn(C)c3)ncc2cc1Cl. The molecule has 1 fully saturated rings. The number of halogens is 1. The first-order valence-corrected chi connectivity index (χ1v) is 9.19. The van der Waals surface area contributed by atoms with Crippen molar-refractivity contribution in [1.82, 2.24) is 14.8 Å². The molecule has 0 aliphatic heterocycles. The molecule has 1 aliphatic rings. The Morgan fingerprint density at radius 2 is 2.08 bits per heavy atom. The van der Waals surface area contributed by atoms with Gasteiger partial charge in [-0.25, -0.2) is 4.98 Å². The Hall–Kier alpha value is -2.40. The summed E-state index contributed by atoms with van der Waals surface area (Å²) in [5.41, 5.74) is 2.22. The number of nitrogens with one attached hydrogen (secondary N) is 1. The maximum Gasteiger partial charge on any atom is 0.229 e. The highest BCUT2D eigenvalue weighted by atomic mass is 35.5. The van der Waals surface area contributed by atoms with Crippen molar-refractivity contribution in [2.45, 2.75) is 32.1 Å². The summed E-state index contributed by atoms with van der Waals surface area (Å²) in [5.74, 6) is 1.19. The van der Waals surface area contributed by atoms with E-state index in [1.165, 1.54) is 0 Å². The number of hydrogen-bond acceptors (Lipinski definition) is 3. The van der Waals surface area contributed by atoms with Gasteiger partial charge in [-0.1, -0.05) is 25.4 Å². The van der Waals surface area contributed by atoms with E-state index >= 15 is 0 Å². The van der Waals surface area contributed by atoms with Gasteiger partial charge in [0, 0.05) is 35.8 Å². The number of aromatic nitrogens is 3. The molecule has 134 valence electrons. The summed E-state index contributed by atoms with van der Waals surface area (Å²) in [5, 5.41) is 9.89. The molecule has 26 heavy (non-hydrogen) atoms. The van der Waals surface area contributed by atoms with Crippen LogP contribution in [0.1, 0.15) is 43.2 Å². The zero-order valence-corrected chi connectivity index (χ0v) is 15.8. The summed E-state index contributed by atoms with van der Waals surface area (Å²) in [7, 11) is 1.89.